The van der Waals surface area contributed by atoms with E-state index in [9.17, 15) is 0 Å². The second-order valence-electron chi connectivity index (χ2n) is 11.0. The Hall–Kier alpha value is -5.86. The van der Waals surface area contributed by atoms with Gasteiger partial charge in [0.05, 0.1) is 34.6 Å². The molecule has 0 saturated heterocycles. The normalized spacial score (nSPS) is 13.2. The van der Waals surface area contributed by atoms with Gasteiger partial charge in [0.25, 0.3) is 0 Å². The van der Waals surface area contributed by atoms with Crippen LogP contribution in [-0.4, -0.2) is 9.13 Å². The van der Waals surface area contributed by atoms with E-state index in [4.69, 9.17) is 6.85 Å². The monoisotopic (exact) mass is 565 g/mol. The molecule has 0 amide bonds. The summed E-state index contributed by atoms with van der Waals surface area (Å²) in [5.74, 6) is 0. The molecule has 0 aliphatic heterocycles. The second kappa shape index (κ2) is 9.86. The van der Waals surface area contributed by atoms with Gasteiger partial charge in [0.2, 0.25) is 0 Å². The summed E-state index contributed by atoms with van der Waals surface area (Å²) in [4.78, 5) is 0. The van der Waals surface area contributed by atoms with Crippen molar-refractivity contribution in [3.8, 4) is 33.6 Å². The topological polar surface area (TPSA) is 9.86 Å². The highest BCUT2D eigenvalue weighted by atomic mass is 15.0. The van der Waals surface area contributed by atoms with E-state index in [1.807, 2.05) is 36.4 Å². The first kappa shape index (κ1) is 20.1. The quantitative estimate of drug-likeness (QED) is 0.201. The number of fused-ring (bicyclic) bond motifs is 6. The molecule has 0 aliphatic rings. The van der Waals surface area contributed by atoms with Gasteiger partial charge in [0.15, 0.2) is 0 Å². The molecule has 9 aromatic rings. The van der Waals surface area contributed by atoms with E-state index < -0.39 is 6.04 Å². The maximum absolute atomic E-state index is 8.71. The van der Waals surface area contributed by atoms with Crippen LogP contribution in [0.4, 0.5) is 0 Å². The minimum Gasteiger partial charge on any atom is -0.309 e. The molecule has 0 atom stereocenters. The molecular formula is C42H28N2. The lowest BCUT2D eigenvalue weighted by Crippen LogP contribution is -1.97. The van der Waals surface area contributed by atoms with Gasteiger partial charge in [-0.3, -0.25) is 0 Å². The molecular weight excluding hydrogens is 532 g/mol. The van der Waals surface area contributed by atoms with Crippen molar-refractivity contribution >= 4 is 43.6 Å². The molecule has 9 rings (SSSR count). The van der Waals surface area contributed by atoms with Crippen molar-refractivity contribution in [1.82, 2.24) is 9.13 Å². The molecule has 0 aliphatic carbocycles. The van der Waals surface area contributed by atoms with Crippen LogP contribution in [0, 0.1) is 0 Å². The average molecular weight is 566 g/mol. The molecule has 206 valence electrons. The van der Waals surface area contributed by atoms with E-state index in [1.54, 1.807) is 4.57 Å². The summed E-state index contributed by atoms with van der Waals surface area (Å²) >= 11 is 0. The summed E-state index contributed by atoms with van der Waals surface area (Å²) in [5, 5.41) is 4.21. The largest absolute Gasteiger partial charge is 0.309 e. The summed E-state index contributed by atoms with van der Waals surface area (Å²) in [7, 11) is 0. The summed E-state index contributed by atoms with van der Waals surface area (Å²) in [6.07, 6.45) is 0. The molecule has 44 heavy (non-hydrogen) atoms. The van der Waals surface area contributed by atoms with Crippen molar-refractivity contribution in [2.75, 3.05) is 0 Å². The number of nitrogens with zero attached hydrogens (tertiary/aromatic N) is 2. The second-order valence-corrected chi connectivity index (χ2v) is 11.0. The van der Waals surface area contributed by atoms with Crippen molar-refractivity contribution in [2.45, 2.75) is 0 Å². The van der Waals surface area contributed by atoms with Crippen LogP contribution >= 0.6 is 0 Å². The van der Waals surface area contributed by atoms with E-state index in [-0.39, 0.29) is 29.9 Å². The Kier molecular flexibility index (Phi) is 4.51. The fourth-order valence-electron chi connectivity index (χ4n) is 6.69. The summed E-state index contributed by atoms with van der Waals surface area (Å²) < 4.78 is 46.3. The zero-order valence-electron chi connectivity index (χ0n) is 28.7. The molecule has 2 heterocycles. The summed E-state index contributed by atoms with van der Waals surface area (Å²) in [6, 6.07) is 46.6. The molecule has 0 radical (unpaired) electrons. The van der Waals surface area contributed by atoms with Gasteiger partial charge in [-0.25, -0.2) is 0 Å². The molecule has 7 aromatic carbocycles. The Morgan fingerprint density at radius 3 is 1.59 bits per heavy atom. The minimum absolute atomic E-state index is 0.148. The van der Waals surface area contributed by atoms with Crippen molar-refractivity contribution in [3.63, 3.8) is 0 Å². The SMILES string of the molecule is [2H]c1c([2H])c([2H])c(-n2c3ccccc3c3cc(-c4ccc5c(c4)c4ccccc4n5-c4ccccc4-c4ccccc4)ccc32)c([2H])c1[2H]. The number of benzene rings is 7. The molecule has 0 saturated carbocycles. The van der Waals surface area contributed by atoms with Crippen molar-refractivity contribution in [2.24, 2.45) is 0 Å². The maximum Gasteiger partial charge on any atom is 0.0645 e. The molecule has 2 heteroatoms. The molecule has 0 N–H and O–H groups in total. The van der Waals surface area contributed by atoms with Gasteiger partial charge in [0.1, 0.15) is 0 Å². The minimum atomic E-state index is -0.401. The summed E-state index contributed by atoms with van der Waals surface area (Å²) in [6.45, 7) is 0. The van der Waals surface area contributed by atoms with Gasteiger partial charge in [-0.1, -0.05) is 115 Å². The predicted octanol–water partition coefficient (Wildman–Crippen LogP) is 11.2. The Labute approximate surface area is 262 Å². The van der Waals surface area contributed by atoms with E-state index in [1.165, 1.54) is 5.39 Å². The van der Waals surface area contributed by atoms with Crippen LogP contribution in [0.1, 0.15) is 6.85 Å². The highest BCUT2D eigenvalue weighted by Crippen LogP contribution is 2.39. The Balaban J connectivity index is 1.26. The zero-order valence-corrected chi connectivity index (χ0v) is 23.7. The third-order valence-electron chi connectivity index (χ3n) is 8.62. The molecule has 2 nitrogen and oxygen atoms in total. The Morgan fingerprint density at radius 1 is 0.386 bits per heavy atom. The maximum atomic E-state index is 8.71. The van der Waals surface area contributed by atoms with Crippen LogP contribution in [0.3, 0.4) is 0 Å². The number of hydrogen-bond acceptors (Lipinski definition) is 0. The third-order valence-corrected chi connectivity index (χ3v) is 8.62. The van der Waals surface area contributed by atoms with Gasteiger partial charge < -0.3 is 9.13 Å². The molecule has 0 fully saturated rings. The standard InChI is InChI=1S/C42H28N2/c1-3-13-29(14-4-1)33-17-7-10-20-38(33)44-40-22-12-9-19-35(40)37-28-31(24-26-42(37)44)30-23-25-41-36(27-30)34-18-8-11-21-39(34)43(41)32-15-5-2-6-16-32/h1-28H/i2D,5D,6D,15D,16D. The number of rotatable bonds is 4. The van der Waals surface area contributed by atoms with Crippen LogP contribution in [0.15, 0.2) is 170 Å². The first-order valence-electron chi connectivity index (χ1n) is 17.2. The van der Waals surface area contributed by atoms with Crippen LogP contribution in [0.25, 0.3) is 77.2 Å². The average Bonchev–Trinajstić information content (AvgIpc) is 3.66. The fourth-order valence-corrected chi connectivity index (χ4v) is 6.69. The van der Waals surface area contributed by atoms with E-state index in [0.29, 0.717) is 0 Å². The smallest absolute Gasteiger partial charge is 0.0645 e. The third kappa shape index (κ3) is 3.75. The van der Waals surface area contributed by atoms with E-state index in [0.717, 1.165) is 66.2 Å². The number of para-hydroxylation sites is 4. The van der Waals surface area contributed by atoms with Gasteiger partial charge in [-0.2, -0.15) is 0 Å². The first-order valence-corrected chi connectivity index (χ1v) is 14.7. The lowest BCUT2D eigenvalue weighted by atomic mass is 10.0. The number of hydrogen-bond donors (Lipinski definition) is 0. The Morgan fingerprint density at radius 2 is 0.909 bits per heavy atom. The highest BCUT2D eigenvalue weighted by Gasteiger charge is 2.17. The van der Waals surface area contributed by atoms with Gasteiger partial charge in [0, 0.05) is 32.8 Å². The van der Waals surface area contributed by atoms with Crippen molar-refractivity contribution < 1.29 is 6.85 Å². The highest BCUT2D eigenvalue weighted by molar-refractivity contribution is 6.13. The predicted molar refractivity (Wildman–Crippen MR) is 186 cm³/mol. The summed E-state index contributed by atoms with van der Waals surface area (Å²) in [5.41, 5.74) is 9.50. The molecule has 2 aromatic heterocycles. The lowest BCUT2D eigenvalue weighted by molar-refractivity contribution is 1.18. The first-order chi connectivity index (χ1) is 23.9. The van der Waals surface area contributed by atoms with Gasteiger partial charge in [-0.15, -0.1) is 0 Å². The van der Waals surface area contributed by atoms with Crippen molar-refractivity contribution in [3.05, 3.63) is 170 Å². The molecule has 0 spiro atoms. The fraction of sp³-hybridized carbons (Fsp3) is 0. The lowest BCUT2D eigenvalue weighted by Gasteiger charge is -2.14. The van der Waals surface area contributed by atoms with Gasteiger partial charge >= 0.3 is 0 Å². The molecule has 0 bridgehead atoms. The zero-order chi connectivity index (χ0) is 33.4. The van der Waals surface area contributed by atoms with E-state index >= 15 is 0 Å². The number of aromatic nitrogens is 2. The van der Waals surface area contributed by atoms with Crippen molar-refractivity contribution in [1.29, 1.82) is 0 Å². The van der Waals surface area contributed by atoms with Crippen LogP contribution in [0.2, 0.25) is 0 Å². The van der Waals surface area contributed by atoms with E-state index in [2.05, 4.69) is 108 Å². The van der Waals surface area contributed by atoms with Gasteiger partial charge in [-0.05, 0) is 71.2 Å². The van der Waals surface area contributed by atoms with Crippen LogP contribution in [-0.2, 0) is 0 Å². The van der Waals surface area contributed by atoms with Crippen LogP contribution < -0.4 is 0 Å². The van der Waals surface area contributed by atoms with Crippen LogP contribution in [0.5, 0.6) is 0 Å². The Bertz CT molecular complexity index is 2750. The molecule has 0 unspecified atom stereocenters.